The highest BCUT2D eigenvalue weighted by molar-refractivity contribution is 5.26. The Bertz CT molecular complexity index is 462. The predicted molar refractivity (Wildman–Crippen MR) is 63.1 cm³/mol. The lowest BCUT2D eigenvalue weighted by molar-refractivity contribution is 0.497. The van der Waals surface area contributed by atoms with Crippen molar-refractivity contribution in [3.63, 3.8) is 0 Å². The second kappa shape index (κ2) is 4.49. The molecular formula is C13H16N2O. The lowest BCUT2D eigenvalue weighted by atomic mass is 10.0. The molecule has 1 unspecified atom stereocenters. The minimum atomic E-state index is -0.0263. The van der Waals surface area contributed by atoms with Crippen LogP contribution >= 0.6 is 0 Å². The maximum absolute atomic E-state index is 6.15. The molecule has 0 fully saturated rings. The molecule has 2 aromatic heterocycles. The minimum absolute atomic E-state index is 0.0263. The fourth-order valence-corrected chi connectivity index (χ4v) is 1.90. The highest BCUT2D eigenvalue weighted by atomic mass is 16.3. The van der Waals surface area contributed by atoms with Crippen LogP contribution in [0.15, 0.2) is 35.0 Å². The first-order valence-electron chi connectivity index (χ1n) is 5.38. The number of nitrogens with two attached hydrogens (primary N) is 1. The van der Waals surface area contributed by atoms with Gasteiger partial charge in [-0.25, -0.2) is 0 Å². The molecule has 0 bridgehead atoms. The Balaban J connectivity index is 2.14. The van der Waals surface area contributed by atoms with E-state index in [9.17, 15) is 0 Å². The Labute approximate surface area is 95.3 Å². The maximum Gasteiger partial charge on any atom is 0.105 e. The second-order valence-electron chi connectivity index (χ2n) is 4.04. The van der Waals surface area contributed by atoms with Gasteiger partial charge in [-0.05, 0) is 38.0 Å². The average Bonchev–Trinajstić information content (AvgIpc) is 2.59. The van der Waals surface area contributed by atoms with Crippen molar-refractivity contribution in [3.8, 4) is 0 Å². The molecule has 0 radical (unpaired) electrons. The van der Waals surface area contributed by atoms with Gasteiger partial charge >= 0.3 is 0 Å². The molecule has 3 heteroatoms. The molecule has 16 heavy (non-hydrogen) atoms. The molecule has 2 heterocycles. The van der Waals surface area contributed by atoms with Gasteiger partial charge in [0.05, 0.1) is 0 Å². The first kappa shape index (κ1) is 10.9. The predicted octanol–water partition coefficient (Wildman–Crippen LogP) is 2.53. The van der Waals surface area contributed by atoms with E-state index in [1.807, 2.05) is 38.2 Å². The molecular weight excluding hydrogens is 200 g/mol. The minimum Gasteiger partial charge on any atom is -0.466 e. The van der Waals surface area contributed by atoms with Gasteiger partial charge in [0.15, 0.2) is 0 Å². The lowest BCUT2D eigenvalue weighted by Gasteiger charge is -2.10. The van der Waals surface area contributed by atoms with E-state index in [1.54, 1.807) is 6.20 Å². The Morgan fingerprint density at radius 1 is 1.44 bits per heavy atom. The quantitative estimate of drug-likeness (QED) is 0.857. The monoisotopic (exact) mass is 216 g/mol. The highest BCUT2D eigenvalue weighted by Gasteiger charge is 2.13. The summed E-state index contributed by atoms with van der Waals surface area (Å²) in [7, 11) is 0. The number of aromatic nitrogens is 1. The van der Waals surface area contributed by atoms with Crippen molar-refractivity contribution in [2.75, 3.05) is 0 Å². The third kappa shape index (κ3) is 2.31. The van der Waals surface area contributed by atoms with Gasteiger partial charge in [-0.1, -0.05) is 6.07 Å². The summed E-state index contributed by atoms with van der Waals surface area (Å²) in [5.41, 5.74) is 8.38. The van der Waals surface area contributed by atoms with E-state index in [0.29, 0.717) is 0 Å². The van der Waals surface area contributed by atoms with E-state index in [4.69, 9.17) is 10.2 Å². The normalized spacial score (nSPS) is 12.7. The summed E-state index contributed by atoms with van der Waals surface area (Å²) >= 11 is 0. The number of rotatable bonds is 3. The molecule has 0 amide bonds. The van der Waals surface area contributed by atoms with Crippen LogP contribution in [0.5, 0.6) is 0 Å². The number of pyridine rings is 1. The van der Waals surface area contributed by atoms with E-state index in [0.717, 1.165) is 29.1 Å². The van der Waals surface area contributed by atoms with Crippen molar-refractivity contribution < 1.29 is 4.42 Å². The zero-order valence-electron chi connectivity index (χ0n) is 9.60. The third-order valence-corrected chi connectivity index (χ3v) is 2.66. The van der Waals surface area contributed by atoms with Crippen LogP contribution in [-0.4, -0.2) is 4.98 Å². The highest BCUT2D eigenvalue weighted by Crippen LogP contribution is 2.22. The molecule has 0 aliphatic heterocycles. The molecule has 84 valence electrons. The summed E-state index contributed by atoms with van der Waals surface area (Å²) in [6.45, 7) is 3.89. The fourth-order valence-electron chi connectivity index (χ4n) is 1.90. The molecule has 0 saturated heterocycles. The van der Waals surface area contributed by atoms with Gasteiger partial charge in [0.2, 0.25) is 0 Å². The zero-order chi connectivity index (χ0) is 11.5. The van der Waals surface area contributed by atoms with Crippen LogP contribution in [0, 0.1) is 13.8 Å². The topological polar surface area (TPSA) is 52.0 Å². The van der Waals surface area contributed by atoms with Crippen LogP contribution in [0.4, 0.5) is 0 Å². The van der Waals surface area contributed by atoms with Crippen molar-refractivity contribution in [3.05, 3.63) is 53.2 Å². The molecule has 0 aliphatic carbocycles. The van der Waals surface area contributed by atoms with E-state index in [1.165, 1.54) is 0 Å². The zero-order valence-corrected chi connectivity index (χ0v) is 9.60. The summed E-state index contributed by atoms with van der Waals surface area (Å²) in [6, 6.07) is 5.95. The summed E-state index contributed by atoms with van der Waals surface area (Å²) < 4.78 is 5.48. The van der Waals surface area contributed by atoms with Crippen LogP contribution in [0.2, 0.25) is 0 Å². The Morgan fingerprint density at radius 3 is 2.81 bits per heavy atom. The van der Waals surface area contributed by atoms with Crippen molar-refractivity contribution >= 4 is 0 Å². The number of hydrogen-bond donors (Lipinski definition) is 1. The molecule has 0 saturated carbocycles. The standard InChI is InChI=1S/C13H16N2O/c1-9-6-12(10(2)16-9)13(14)7-11-4-3-5-15-8-11/h3-6,8,13H,7,14H2,1-2H3. The smallest absolute Gasteiger partial charge is 0.105 e. The van der Waals surface area contributed by atoms with Crippen LogP contribution < -0.4 is 5.73 Å². The molecule has 0 aliphatic rings. The molecule has 2 rings (SSSR count). The molecule has 1 atom stereocenters. The van der Waals surface area contributed by atoms with Crippen molar-refractivity contribution in [2.24, 2.45) is 5.73 Å². The van der Waals surface area contributed by atoms with Gasteiger partial charge in [-0.2, -0.15) is 0 Å². The lowest BCUT2D eigenvalue weighted by Crippen LogP contribution is -2.13. The summed E-state index contributed by atoms with van der Waals surface area (Å²) in [4.78, 5) is 4.08. The number of hydrogen-bond acceptors (Lipinski definition) is 3. The van der Waals surface area contributed by atoms with E-state index in [-0.39, 0.29) is 6.04 Å². The summed E-state index contributed by atoms with van der Waals surface area (Å²) in [5.74, 6) is 1.82. The molecule has 0 aromatic carbocycles. The van der Waals surface area contributed by atoms with Gasteiger partial charge < -0.3 is 10.2 Å². The Hall–Kier alpha value is -1.61. The second-order valence-corrected chi connectivity index (χ2v) is 4.04. The van der Waals surface area contributed by atoms with Gasteiger partial charge in [-0.3, -0.25) is 4.98 Å². The van der Waals surface area contributed by atoms with Crippen LogP contribution in [0.25, 0.3) is 0 Å². The number of furan rings is 1. The SMILES string of the molecule is Cc1cc(C(N)Cc2cccnc2)c(C)o1. The Kier molecular flexibility index (Phi) is 3.06. The van der Waals surface area contributed by atoms with Gasteiger partial charge in [-0.15, -0.1) is 0 Å². The molecule has 2 aromatic rings. The van der Waals surface area contributed by atoms with Crippen LogP contribution in [-0.2, 0) is 6.42 Å². The van der Waals surface area contributed by atoms with E-state index < -0.39 is 0 Å². The largest absolute Gasteiger partial charge is 0.466 e. The van der Waals surface area contributed by atoms with Gasteiger partial charge in [0, 0.05) is 24.0 Å². The number of nitrogens with zero attached hydrogens (tertiary/aromatic N) is 1. The van der Waals surface area contributed by atoms with Gasteiger partial charge in [0.25, 0.3) is 0 Å². The van der Waals surface area contributed by atoms with Gasteiger partial charge in [0.1, 0.15) is 11.5 Å². The van der Waals surface area contributed by atoms with Crippen LogP contribution in [0.1, 0.15) is 28.7 Å². The first-order chi connectivity index (χ1) is 7.66. The van der Waals surface area contributed by atoms with E-state index in [2.05, 4.69) is 4.98 Å². The molecule has 0 spiro atoms. The van der Waals surface area contributed by atoms with Crippen molar-refractivity contribution in [1.82, 2.24) is 4.98 Å². The van der Waals surface area contributed by atoms with E-state index >= 15 is 0 Å². The average molecular weight is 216 g/mol. The fraction of sp³-hybridized carbons (Fsp3) is 0.308. The summed E-state index contributed by atoms with van der Waals surface area (Å²) in [6.07, 6.45) is 4.40. The third-order valence-electron chi connectivity index (χ3n) is 2.66. The molecule has 2 N–H and O–H groups in total. The number of aryl methyl sites for hydroxylation is 2. The Morgan fingerprint density at radius 2 is 2.25 bits per heavy atom. The molecule has 3 nitrogen and oxygen atoms in total. The summed E-state index contributed by atoms with van der Waals surface area (Å²) in [5, 5.41) is 0. The first-order valence-corrected chi connectivity index (χ1v) is 5.38. The van der Waals surface area contributed by atoms with Crippen molar-refractivity contribution in [2.45, 2.75) is 26.3 Å². The van der Waals surface area contributed by atoms with Crippen molar-refractivity contribution in [1.29, 1.82) is 0 Å². The maximum atomic E-state index is 6.15. The van der Waals surface area contributed by atoms with Crippen LogP contribution in [0.3, 0.4) is 0 Å².